The fourth-order valence-corrected chi connectivity index (χ4v) is 5.73. The van der Waals surface area contributed by atoms with E-state index in [0.29, 0.717) is 33.5 Å². The van der Waals surface area contributed by atoms with Crippen molar-refractivity contribution >= 4 is 55.6 Å². The van der Waals surface area contributed by atoms with Gasteiger partial charge in [-0.25, -0.2) is 13.4 Å². The molecule has 31 heavy (non-hydrogen) atoms. The minimum Gasteiger partial charge on any atom is -0.352 e. The predicted molar refractivity (Wildman–Crippen MR) is 124 cm³/mol. The summed E-state index contributed by atoms with van der Waals surface area (Å²) in [6, 6.07) is 15.4. The average Bonchev–Trinajstić information content (AvgIpc) is 3.32. The van der Waals surface area contributed by atoms with Crippen LogP contribution in [0.3, 0.4) is 0 Å². The number of nitrogens with zero attached hydrogens (tertiary/aromatic N) is 2. The number of hydrogen-bond acceptors (Lipinski definition) is 5. The quantitative estimate of drug-likeness (QED) is 0.430. The maximum absolute atomic E-state index is 12.6. The Labute approximate surface area is 188 Å². The van der Waals surface area contributed by atoms with Crippen LogP contribution in [0.1, 0.15) is 17.3 Å². The Hall–Kier alpha value is -2.88. The topological polar surface area (TPSA) is 93.1 Å². The minimum atomic E-state index is -3.72. The SMILES string of the molecule is CCNC(=O)c1ccc(-c2nc3cc(NS(=O)(=O)c4ccc(Cl)s4)ccc3n2C)cc1. The molecule has 1 amide bonds. The molecule has 0 radical (unpaired) electrons. The molecule has 0 fully saturated rings. The summed E-state index contributed by atoms with van der Waals surface area (Å²) in [5, 5.41) is 2.77. The molecule has 2 aromatic heterocycles. The van der Waals surface area contributed by atoms with Crippen LogP contribution in [0.4, 0.5) is 5.69 Å². The molecule has 4 rings (SSSR count). The van der Waals surface area contributed by atoms with E-state index in [2.05, 4.69) is 15.0 Å². The first-order valence-electron chi connectivity index (χ1n) is 9.42. The molecule has 10 heteroatoms. The number of benzene rings is 2. The smallest absolute Gasteiger partial charge is 0.271 e. The zero-order chi connectivity index (χ0) is 22.2. The van der Waals surface area contributed by atoms with Gasteiger partial charge in [-0.1, -0.05) is 23.7 Å². The first-order chi connectivity index (χ1) is 14.8. The maximum Gasteiger partial charge on any atom is 0.271 e. The Morgan fingerprint density at radius 3 is 2.52 bits per heavy atom. The van der Waals surface area contributed by atoms with Gasteiger partial charge in [0.1, 0.15) is 10.0 Å². The van der Waals surface area contributed by atoms with Gasteiger partial charge >= 0.3 is 0 Å². The lowest BCUT2D eigenvalue weighted by molar-refractivity contribution is 0.0956. The summed E-state index contributed by atoms with van der Waals surface area (Å²) in [5.74, 6) is 0.588. The molecule has 2 heterocycles. The number of nitrogens with one attached hydrogen (secondary N) is 2. The summed E-state index contributed by atoms with van der Waals surface area (Å²) in [5.41, 5.74) is 3.34. The Morgan fingerprint density at radius 1 is 1.13 bits per heavy atom. The van der Waals surface area contributed by atoms with Crippen molar-refractivity contribution in [2.24, 2.45) is 7.05 Å². The summed E-state index contributed by atoms with van der Waals surface area (Å²) in [6.07, 6.45) is 0. The molecule has 0 aliphatic rings. The lowest BCUT2D eigenvalue weighted by atomic mass is 10.1. The highest BCUT2D eigenvalue weighted by molar-refractivity contribution is 7.94. The van der Waals surface area contributed by atoms with E-state index in [9.17, 15) is 13.2 Å². The third-order valence-corrected chi connectivity index (χ3v) is 7.79. The van der Waals surface area contributed by atoms with Gasteiger partial charge in [-0.3, -0.25) is 9.52 Å². The Morgan fingerprint density at radius 2 is 1.87 bits per heavy atom. The Bertz CT molecular complexity index is 1380. The maximum atomic E-state index is 12.6. The number of hydrogen-bond donors (Lipinski definition) is 2. The molecule has 0 aliphatic heterocycles. The molecular formula is C21H19ClN4O3S2. The van der Waals surface area contributed by atoms with Crippen LogP contribution in [-0.4, -0.2) is 30.4 Å². The van der Waals surface area contributed by atoms with Crippen LogP contribution in [0.5, 0.6) is 0 Å². The molecule has 2 aromatic carbocycles. The van der Waals surface area contributed by atoms with E-state index in [1.54, 1.807) is 30.3 Å². The molecular weight excluding hydrogens is 456 g/mol. The van der Waals surface area contributed by atoms with E-state index in [-0.39, 0.29) is 10.1 Å². The highest BCUT2D eigenvalue weighted by Crippen LogP contribution is 2.29. The number of imidazole rings is 1. The number of amides is 1. The molecule has 0 aliphatic carbocycles. The van der Waals surface area contributed by atoms with Gasteiger partial charge in [0, 0.05) is 24.7 Å². The molecule has 0 atom stereocenters. The number of sulfonamides is 1. The average molecular weight is 475 g/mol. The second-order valence-corrected chi connectivity index (χ2v) is 10.4. The van der Waals surface area contributed by atoms with Crippen molar-refractivity contribution in [2.45, 2.75) is 11.1 Å². The first-order valence-corrected chi connectivity index (χ1v) is 12.1. The second kappa shape index (κ2) is 8.33. The molecule has 0 saturated heterocycles. The second-order valence-electron chi connectivity index (χ2n) is 6.80. The van der Waals surface area contributed by atoms with Crippen molar-refractivity contribution in [3.8, 4) is 11.4 Å². The number of aromatic nitrogens is 2. The van der Waals surface area contributed by atoms with Crippen LogP contribution in [0, 0.1) is 0 Å². The van der Waals surface area contributed by atoms with Crippen LogP contribution in [0.25, 0.3) is 22.4 Å². The minimum absolute atomic E-state index is 0.122. The van der Waals surface area contributed by atoms with Crippen molar-refractivity contribution in [2.75, 3.05) is 11.3 Å². The molecule has 4 aromatic rings. The van der Waals surface area contributed by atoms with Gasteiger partial charge < -0.3 is 9.88 Å². The Kier molecular flexibility index (Phi) is 5.74. The summed E-state index contributed by atoms with van der Waals surface area (Å²) in [4.78, 5) is 16.6. The molecule has 7 nitrogen and oxygen atoms in total. The number of rotatable bonds is 6. The highest BCUT2D eigenvalue weighted by Gasteiger charge is 2.18. The van der Waals surface area contributed by atoms with E-state index in [0.717, 1.165) is 22.4 Å². The van der Waals surface area contributed by atoms with Crippen LogP contribution in [-0.2, 0) is 17.1 Å². The van der Waals surface area contributed by atoms with Crippen LogP contribution in [0.2, 0.25) is 4.34 Å². The number of anilines is 1. The summed E-state index contributed by atoms with van der Waals surface area (Å²) in [7, 11) is -1.83. The molecule has 0 bridgehead atoms. The number of aryl methyl sites for hydroxylation is 1. The largest absolute Gasteiger partial charge is 0.352 e. The van der Waals surface area contributed by atoms with Gasteiger partial charge in [0.15, 0.2) is 0 Å². The number of thiophene rings is 1. The Balaban J connectivity index is 1.64. The fourth-order valence-electron chi connectivity index (χ4n) is 3.20. The zero-order valence-corrected chi connectivity index (χ0v) is 19.1. The van der Waals surface area contributed by atoms with Gasteiger partial charge in [0.2, 0.25) is 0 Å². The van der Waals surface area contributed by atoms with Crippen LogP contribution in [0.15, 0.2) is 58.8 Å². The summed E-state index contributed by atoms with van der Waals surface area (Å²) < 4.78 is 30.2. The summed E-state index contributed by atoms with van der Waals surface area (Å²) >= 11 is 6.85. The standard InChI is InChI=1S/C21H19ClN4O3S2/c1-3-23-21(27)14-6-4-13(5-7-14)20-24-16-12-15(8-9-17(16)26(20)2)25-31(28,29)19-11-10-18(22)30-19/h4-12,25H,3H2,1-2H3,(H,23,27). The van der Waals surface area contributed by atoms with Crippen LogP contribution < -0.4 is 10.0 Å². The van der Waals surface area contributed by atoms with E-state index in [1.165, 1.54) is 6.07 Å². The number of fused-ring (bicyclic) bond motifs is 1. The van der Waals surface area contributed by atoms with Gasteiger partial charge in [0.05, 0.1) is 21.1 Å². The molecule has 0 saturated carbocycles. The molecule has 0 spiro atoms. The summed E-state index contributed by atoms with van der Waals surface area (Å²) in [6.45, 7) is 2.44. The van der Waals surface area contributed by atoms with Gasteiger partial charge in [-0.15, -0.1) is 11.3 Å². The number of carbonyl (C=O) groups is 1. The number of carbonyl (C=O) groups excluding carboxylic acids is 1. The van der Waals surface area contributed by atoms with Crippen molar-refractivity contribution in [3.63, 3.8) is 0 Å². The predicted octanol–water partition coefficient (Wildman–Crippen LogP) is 4.51. The van der Waals surface area contributed by atoms with E-state index in [1.807, 2.05) is 36.7 Å². The van der Waals surface area contributed by atoms with Crippen LogP contribution >= 0.6 is 22.9 Å². The van der Waals surface area contributed by atoms with Crippen molar-refractivity contribution < 1.29 is 13.2 Å². The lowest BCUT2D eigenvalue weighted by Crippen LogP contribution is -2.22. The lowest BCUT2D eigenvalue weighted by Gasteiger charge is -2.06. The molecule has 0 unspecified atom stereocenters. The number of halogens is 1. The fraction of sp³-hybridized carbons (Fsp3) is 0.143. The van der Waals surface area contributed by atoms with Crippen molar-refractivity contribution in [3.05, 3.63) is 64.5 Å². The van der Waals surface area contributed by atoms with Gasteiger partial charge in [-0.2, -0.15) is 0 Å². The highest BCUT2D eigenvalue weighted by atomic mass is 35.5. The third-order valence-electron chi connectivity index (χ3n) is 4.69. The third kappa shape index (κ3) is 4.30. The van der Waals surface area contributed by atoms with Gasteiger partial charge in [0.25, 0.3) is 15.9 Å². The van der Waals surface area contributed by atoms with Gasteiger partial charge in [-0.05, 0) is 49.4 Å². The van der Waals surface area contributed by atoms with Crippen molar-refractivity contribution in [1.29, 1.82) is 0 Å². The molecule has 2 N–H and O–H groups in total. The zero-order valence-electron chi connectivity index (χ0n) is 16.7. The van der Waals surface area contributed by atoms with E-state index < -0.39 is 10.0 Å². The normalized spacial score (nSPS) is 11.6. The van der Waals surface area contributed by atoms with Crippen molar-refractivity contribution in [1.82, 2.24) is 14.9 Å². The monoisotopic (exact) mass is 474 g/mol. The van der Waals surface area contributed by atoms with E-state index in [4.69, 9.17) is 11.6 Å². The first kappa shape index (κ1) is 21.4. The van der Waals surface area contributed by atoms with E-state index >= 15 is 0 Å². The molecule has 160 valence electrons.